The number of benzene rings is 1. The van der Waals surface area contributed by atoms with Gasteiger partial charge in [0, 0.05) is 5.97 Å². The van der Waals surface area contributed by atoms with E-state index in [1.807, 2.05) is 0 Å². The molecule has 4 nitrogen and oxygen atoms in total. The molecule has 0 atom stereocenters. The molecule has 2 N–H and O–H groups in total. The van der Waals surface area contributed by atoms with Crippen LogP contribution in [0.1, 0.15) is 6.92 Å². The van der Waals surface area contributed by atoms with Gasteiger partial charge in [-0.3, -0.25) is 0 Å². The Morgan fingerprint density at radius 3 is 1.57 bits per heavy atom. The van der Waals surface area contributed by atoms with E-state index in [4.69, 9.17) is 20.1 Å². The molecule has 0 unspecified atom stereocenters. The summed E-state index contributed by atoms with van der Waals surface area (Å²) in [5.41, 5.74) is 0. The second-order valence-electron chi connectivity index (χ2n) is 1.98. The van der Waals surface area contributed by atoms with Gasteiger partial charge < -0.3 is 20.1 Å². The third kappa shape index (κ3) is 11.4. The number of carboxylic acid groups (broad SMARTS) is 1. The Bertz CT molecular complexity index is 242. The first-order valence-electron chi connectivity index (χ1n) is 3.18. The van der Waals surface area contributed by atoms with E-state index in [9.17, 15) is 0 Å². The minimum absolute atomic E-state index is 0. The first-order valence-corrected chi connectivity index (χ1v) is 3.18. The first kappa shape index (κ1) is 19.0. The number of aliphatic carboxylic acids is 1. The fourth-order valence-electron chi connectivity index (χ4n) is 0.464. The third-order valence-electron chi connectivity index (χ3n) is 0.882. The van der Waals surface area contributed by atoms with Crippen molar-refractivity contribution in [2.75, 3.05) is 0 Å². The predicted molar refractivity (Wildman–Crippen MR) is 50.4 cm³/mol. The van der Waals surface area contributed by atoms with Crippen molar-refractivity contribution in [1.29, 1.82) is 0 Å². The van der Waals surface area contributed by atoms with Gasteiger partial charge in [-0.05, 0) is 19.1 Å². The largest absolute Gasteiger partial charge is 1.00 e. The van der Waals surface area contributed by atoms with Crippen LogP contribution in [0, 0.1) is 0 Å². The van der Waals surface area contributed by atoms with Crippen LogP contribution in [0.25, 0.3) is 0 Å². The maximum Gasteiger partial charge on any atom is 1.00 e. The number of phenolic OH excluding ortho intramolecular Hbond substituents is 2. The van der Waals surface area contributed by atoms with E-state index < -0.39 is 5.97 Å². The number of carbonyl (C=O) groups is 1. The van der Waals surface area contributed by atoms with Crippen LogP contribution in [0.5, 0.6) is 11.5 Å². The first-order chi connectivity index (χ1) is 5.54. The summed E-state index contributed by atoms with van der Waals surface area (Å²) in [4.78, 5) is 8.89. The zero-order chi connectivity index (χ0) is 9.56. The molecular formula is C8H12BNaO4. The fourth-order valence-corrected chi connectivity index (χ4v) is 0.464. The van der Waals surface area contributed by atoms with Crippen LogP contribution in [0.4, 0.5) is 0 Å². The number of hydrogen-bond donors (Lipinski definition) is 2. The van der Waals surface area contributed by atoms with Crippen molar-refractivity contribution in [1.82, 2.24) is 0 Å². The normalized spacial score (nSPS) is 6.93. The van der Waals surface area contributed by atoms with Crippen molar-refractivity contribution in [2.24, 2.45) is 0 Å². The molecule has 0 radical (unpaired) electrons. The molecule has 0 heterocycles. The zero-order valence-corrected chi connectivity index (χ0v) is 9.52. The van der Waals surface area contributed by atoms with E-state index in [1.165, 1.54) is 12.1 Å². The summed E-state index contributed by atoms with van der Waals surface area (Å²) in [6, 6.07) is 6.15. The van der Waals surface area contributed by atoms with Crippen LogP contribution in [0.15, 0.2) is 24.3 Å². The van der Waals surface area contributed by atoms with Crippen LogP contribution in [0.2, 0.25) is 0 Å². The van der Waals surface area contributed by atoms with Gasteiger partial charge in [0.15, 0.2) is 11.5 Å². The van der Waals surface area contributed by atoms with Gasteiger partial charge >= 0.3 is 29.6 Å². The molecule has 6 heteroatoms. The molecule has 0 saturated carbocycles. The van der Waals surface area contributed by atoms with Gasteiger partial charge in [0.05, 0.1) is 8.41 Å². The molecule has 72 valence electrons. The molecule has 0 saturated heterocycles. The molecule has 0 spiro atoms. The van der Waals surface area contributed by atoms with E-state index in [2.05, 4.69) is 0 Å². The van der Waals surface area contributed by atoms with Crippen molar-refractivity contribution in [3.63, 3.8) is 0 Å². The predicted octanol–water partition coefficient (Wildman–Crippen LogP) is -4.33. The number of aromatic hydroxyl groups is 2. The minimum Gasteiger partial charge on any atom is -0.550 e. The molecule has 0 aromatic heterocycles. The van der Waals surface area contributed by atoms with E-state index in [0.29, 0.717) is 0 Å². The average Bonchev–Trinajstić information content (AvgIpc) is 1.94. The number of para-hydroxylation sites is 2. The van der Waals surface area contributed by atoms with E-state index >= 15 is 0 Å². The van der Waals surface area contributed by atoms with E-state index in [1.54, 1.807) is 12.1 Å². The summed E-state index contributed by atoms with van der Waals surface area (Å²) in [7, 11) is 0. The van der Waals surface area contributed by atoms with Crippen molar-refractivity contribution < 1.29 is 49.7 Å². The monoisotopic (exact) mass is 206 g/mol. The van der Waals surface area contributed by atoms with Crippen molar-refractivity contribution in [3.05, 3.63) is 24.3 Å². The molecule has 0 aliphatic rings. The number of rotatable bonds is 0. The Hall–Kier alpha value is -0.645. The molecule has 0 fully saturated rings. The van der Waals surface area contributed by atoms with E-state index in [0.717, 1.165) is 6.92 Å². The maximum absolute atomic E-state index is 8.89. The summed E-state index contributed by atoms with van der Waals surface area (Å²) >= 11 is 0. The molecule has 0 aliphatic carbocycles. The molecule has 0 amide bonds. The second kappa shape index (κ2) is 10.4. The van der Waals surface area contributed by atoms with Gasteiger partial charge in [-0.25, -0.2) is 0 Å². The number of carboxylic acids is 1. The summed E-state index contributed by atoms with van der Waals surface area (Å²) < 4.78 is 0. The molecular weight excluding hydrogens is 194 g/mol. The van der Waals surface area contributed by atoms with Crippen molar-refractivity contribution in [3.8, 4) is 11.5 Å². The van der Waals surface area contributed by atoms with E-state index in [-0.39, 0.29) is 49.5 Å². The smallest absolute Gasteiger partial charge is 0.550 e. The Balaban J connectivity index is -0.000000180. The van der Waals surface area contributed by atoms with Gasteiger partial charge in [-0.15, -0.1) is 0 Å². The summed E-state index contributed by atoms with van der Waals surface area (Å²) in [5.74, 6) is -1.24. The molecule has 1 rings (SSSR count). The van der Waals surface area contributed by atoms with Gasteiger partial charge in [-0.2, -0.15) is 0 Å². The average molecular weight is 206 g/mol. The molecule has 14 heavy (non-hydrogen) atoms. The van der Waals surface area contributed by atoms with Gasteiger partial charge in [-0.1, -0.05) is 12.1 Å². The van der Waals surface area contributed by atoms with Crippen LogP contribution in [-0.4, -0.2) is 24.6 Å². The van der Waals surface area contributed by atoms with Crippen molar-refractivity contribution in [2.45, 2.75) is 6.92 Å². The topological polar surface area (TPSA) is 80.6 Å². The Kier molecular flexibility index (Phi) is 14.2. The van der Waals surface area contributed by atoms with Crippen LogP contribution >= 0.6 is 0 Å². The zero-order valence-electron chi connectivity index (χ0n) is 7.52. The number of phenols is 2. The molecule has 0 bridgehead atoms. The Morgan fingerprint density at radius 1 is 1.21 bits per heavy atom. The SMILES string of the molecule is B.CC(=O)[O-].Oc1ccccc1O.[Na+]. The molecule has 1 aromatic carbocycles. The third-order valence-corrected chi connectivity index (χ3v) is 0.882. The number of carbonyl (C=O) groups excluding carboxylic acids is 1. The number of hydrogen-bond acceptors (Lipinski definition) is 4. The quantitative estimate of drug-likeness (QED) is 0.332. The standard InChI is InChI=1S/C6H6O2.C2H4O2.BH3.Na/c7-5-3-1-2-4-6(5)8;1-2(3)4;;/h1-4,7-8H;1H3,(H,3,4);1H3;/q;;;+1/p-1. The van der Waals surface area contributed by atoms with Gasteiger partial charge in [0.25, 0.3) is 0 Å². The summed E-state index contributed by atoms with van der Waals surface area (Å²) in [6.45, 7) is 0.972. The molecule has 1 aromatic rings. The van der Waals surface area contributed by atoms with Crippen LogP contribution < -0.4 is 34.7 Å². The summed E-state index contributed by atoms with van der Waals surface area (Å²) in [6.07, 6.45) is 0. The maximum atomic E-state index is 8.89. The van der Waals surface area contributed by atoms with Gasteiger partial charge in [0.1, 0.15) is 0 Å². The molecule has 0 aliphatic heterocycles. The van der Waals surface area contributed by atoms with Crippen molar-refractivity contribution >= 4 is 14.4 Å². The fraction of sp³-hybridized carbons (Fsp3) is 0.125. The Morgan fingerprint density at radius 2 is 1.43 bits per heavy atom. The van der Waals surface area contributed by atoms with Crippen LogP contribution in [-0.2, 0) is 4.79 Å². The van der Waals surface area contributed by atoms with Gasteiger partial charge in [0.2, 0.25) is 0 Å². The minimum atomic E-state index is -1.08. The van der Waals surface area contributed by atoms with Crippen LogP contribution in [0.3, 0.4) is 0 Å². The summed E-state index contributed by atoms with van der Waals surface area (Å²) in [5, 5.41) is 26.2. The second-order valence-corrected chi connectivity index (χ2v) is 1.98. The Labute approximate surface area is 106 Å².